The first-order chi connectivity index (χ1) is 9.58. The molecule has 1 heterocycles. The van der Waals surface area contributed by atoms with Gasteiger partial charge >= 0.3 is 0 Å². The molecule has 1 N–H and O–H groups in total. The average molecular weight is 296 g/mol. The predicted molar refractivity (Wildman–Crippen MR) is 83.1 cm³/mol. The van der Waals surface area contributed by atoms with Crippen LogP contribution in [0.3, 0.4) is 0 Å². The summed E-state index contributed by atoms with van der Waals surface area (Å²) in [5.74, 6) is 0.142. The number of rotatable bonds is 6. The van der Waals surface area contributed by atoms with E-state index in [-0.39, 0.29) is 5.75 Å². The van der Waals surface area contributed by atoms with E-state index in [1.165, 1.54) is 12.8 Å². The number of likely N-dealkylation sites (N-methyl/N-ethyl adjacent to an activating group) is 1. The van der Waals surface area contributed by atoms with Gasteiger partial charge in [0.2, 0.25) is 0 Å². The molecule has 0 amide bonds. The van der Waals surface area contributed by atoms with Crippen molar-refractivity contribution in [3.05, 3.63) is 24.3 Å². The number of benzene rings is 1. The Morgan fingerprint density at radius 1 is 1.30 bits per heavy atom. The highest BCUT2D eigenvalue weighted by Gasteiger charge is 2.22. The minimum atomic E-state index is -3.18. The lowest BCUT2D eigenvalue weighted by molar-refractivity contribution is 0.580. The number of nitrogens with zero attached hydrogens (tertiary/aromatic N) is 1. The predicted octanol–water partition coefficient (Wildman–Crippen LogP) is 2.06. The van der Waals surface area contributed by atoms with Gasteiger partial charge in [0.1, 0.15) is 0 Å². The molecule has 0 spiro atoms. The Morgan fingerprint density at radius 3 is 2.65 bits per heavy atom. The third-order valence-corrected chi connectivity index (χ3v) is 5.68. The second kappa shape index (κ2) is 6.59. The van der Waals surface area contributed by atoms with Crippen molar-refractivity contribution >= 4 is 15.5 Å². The summed E-state index contributed by atoms with van der Waals surface area (Å²) in [6.07, 6.45) is 2.37. The minimum Gasteiger partial charge on any atom is -0.369 e. The van der Waals surface area contributed by atoms with E-state index in [0.29, 0.717) is 10.9 Å². The van der Waals surface area contributed by atoms with Crippen LogP contribution in [-0.4, -0.2) is 39.8 Å². The zero-order valence-electron chi connectivity index (χ0n) is 12.3. The van der Waals surface area contributed by atoms with Crippen LogP contribution in [0.5, 0.6) is 0 Å². The molecule has 0 bridgehead atoms. The molecule has 112 valence electrons. The van der Waals surface area contributed by atoms with Gasteiger partial charge in [0.05, 0.1) is 16.3 Å². The van der Waals surface area contributed by atoms with Crippen LogP contribution in [0.2, 0.25) is 0 Å². The highest BCUT2D eigenvalue weighted by molar-refractivity contribution is 7.91. The third kappa shape index (κ3) is 3.33. The maximum absolute atomic E-state index is 12.2. The van der Waals surface area contributed by atoms with Gasteiger partial charge in [-0.3, -0.25) is 0 Å². The van der Waals surface area contributed by atoms with Gasteiger partial charge in [-0.1, -0.05) is 19.1 Å². The summed E-state index contributed by atoms with van der Waals surface area (Å²) in [6.45, 7) is 6.52. The summed E-state index contributed by atoms with van der Waals surface area (Å²) >= 11 is 0. The summed E-state index contributed by atoms with van der Waals surface area (Å²) in [6, 6.07) is 7.81. The number of anilines is 1. The molecule has 1 aliphatic rings. The van der Waals surface area contributed by atoms with E-state index in [9.17, 15) is 8.42 Å². The van der Waals surface area contributed by atoms with Gasteiger partial charge in [-0.25, -0.2) is 8.42 Å². The molecule has 20 heavy (non-hydrogen) atoms. The maximum Gasteiger partial charge on any atom is 0.180 e. The smallest absolute Gasteiger partial charge is 0.180 e. The first kappa shape index (κ1) is 15.3. The molecule has 0 saturated carbocycles. The van der Waals surface area contributed by atoms with Gasteiger partial charge in [-0.15, -0.1) is 0 Å². The fourth-order valence-electron chi connectivity index (χ4n) is 2.71. The Balaban J connectivity index is 2.29. The van der Waals surface area contributed by atoms with Crippen LogP contribution in [0.4, 0.5) is 5.69 Å². The SMILES string of the molecule is CCN(CC1CCCN1)c1ccccc1S(=O)(=O)CC. The highest BCUT2D eigenvalue weighted by Crippen LogP contribution is 2.26. The first-order valence-electron chi connectivity index (χ1n) is 7.38. The first-order valence-corrected chi connectivity index (χ1v) is 9.03. The van der Waals surface area contributed by atoms with Gasteiger partial charge in [0.25, 0.3) is 0 Å². The molecule has 5 heteroatoms. The van der Waals surface area contributed by atoms with Crippen molar-refractivity contribution in [2.75, 3.05) is 30.3 Å². The molecule has 1 fully saturated rings. The van der Waals surface area contributed by atoms with Crippen LogP contribution in [0.1, 0.15) is 26.7 Å². The van der Waals surface area contributed by atoms with Crippen LogP contribution in [0.15, 0.2) is 29.2 Å². The number of nitrogens with one attached hydrogen (secondary N) is 1. The van der Waals surface area contributed by atoms with Crippen LogP contribution < -0.4 is 10.2 Å². The largest absolute Gasteiger partial charge is 0.369 e. The van der Waals surface area contributed by atoms with E-state index in [2.05, 4.69) is 17.1 Å². The van der Waals surface area contributed by atoms with E-state index >= 15 is 0 Å². The summed E-state index contributed by atoms with van der Waals surface area (Å²) in [5, 5.41) is 3.47. The molecule has 0 aliphatic carbocycles. The highest BCUT2D eigenvalue weighted by atomic mass is 32.2. The zero-order chi connectivity index (χ0) is 14.6. The molecule has 2 rings (SSSR count). The van der Waals surface area contributed by atoms with E-state index in [4.69, 9.17) is 0 Å². The summed E-state index contributed by atoms with van der Waals surface area (Å²) in [7, 11) is -3.18. The second-order valence-electron chi connectivity index (χ2n) is 5.20. The van der Waals surface area contributed by atoms with Gasteiger partial charge in [-0.2, -0.15) is 0 Å². The van der Waals surface area contributed by atoms with Gasteiger partial charge in [-0.05, 0) is 38.4 Å². The molecule has 0 aromatic heterocycles. The molecule has 0 radical (unpaired) electrons. The van der Waals surface area contributed by atoms with E-state index in [1.807, 2.05) is 12.1 Å². The molecule has 1 aliphatic heterocycles. The molecule has 1 aromatic rings. The van der Waals surface area contributed by atoms with Crippen LogP contribution in [0.25, 0.3) is 0 Å². The average Bonchev–Trinajstić information content (AvgIpc) is 2.98. The van der Waals surface area contributed by atoms with E-state index < -0.39 is 9.84 Å². The van der Waals surface area contributed by atoms with Crippen molar-refractivity contribution < 1.29 is 8.42 Å². The lowest BCUT2D eigenvalue weighted by Gasteiger charge is -2.28. The second-order valence-corrected chi connectivity index (χ2v) is 7.45. The fraction of sp³-hybridized carbons (Fsp3) is 0.600. The maximum atomic E-state index is 12.2. The number of para-hydroxylation sites is 1. The van der Waals surface area contributed by atoms with Crippen molar-refractivity contribution in [1.82, 2.24) is 5.32 Å². The lowest BCUT2D eigenvalue weighted by atomic mass is 10.2. The van der Waals surface area contributed by atoms with E-state index in [1.54, 1.807) is 19.1 Å². The molecule has 1 atom stereocenters. The third-order valence-electron chi connectivity index (χ3n) is 3.91. The van der Waals surface area contributed by atoms with Crippen molar-refractivity contribution in [2.24, 2.45) is 0 Å². The van der Waals surface area contributed by atoms with Gasteiger partial charge in [0, 0.05) is 19.1 Å². The molecular formula is C15H24N2O2S. The van der Waals surface area contributed by atoms with Crippen LogP contribution in [0, 0.1) is 0 Å². The fourth-order valence-corrected chi connectivity index (χ4v) is 3.83. The van der Waals surface area contributed by atoms with Gasteiger partial charge < -0.3 is 10.2 Å². The van der Waals surface area contributed by atoms with Crippen molar-refractivity contribution in [3.8, 4) is 0 Å². The molecule has 1 unspecified atom stereocenters. The summed E-state index contributed by atoms with van der Waals surface area (Å²) in [4.78, 5) is 2.63. The summed E-state index contributed by atoms with van der Waals surface area (Å²) in [5.41, 5.74) is 0.838. The van der Waals surface area contributed by atoms with Crippen LogP contribution in [-0.2, 0) is 9.84 Å². The normalized spacial score (nSPS) is 19.2. The standard InChI is InChI=1S/C15H24N2O2S/c1-3-17(12-13-8-7-11-16-13)14-9-5-6-10-15(14)20(18,19)4-2/h5-6,9-10,13,16H,3-4,7-8,11-12H2,1-2H3. The minimum absolute atomic E-state index is 0.142. The lowest BCUT2D eigenvalue weighted by Crippen LogP contribution is -2.38. The van der Waals surface area contributed by atoms with E-state index in [0.717, 1.165) is 25.3 Å². The Labute approximate surface area is 122 Å². The van der Waals surface area contributed by atoms with Crippen LogP contribution >= 0.6 is 0 Å². The molecule has 1 aromatic carbocycles. The zero-order valence-corrected chi connectivity index (χ0v) is 13.1. The van der Waals surface area contributed by atoms with Crippen molar-refractivity contribution in [2.45, 2.75) is 37.6 Å². The summed E-state index contributed by atoms with van der Waals surface area (Å²) < 4.78 is 24.5. The Kier molecular flexibility index (Phi) is 5.05. The Morgan fingerprint density at radius 2 is 2.05 bits per heavy atom. The molecular weight excluding hydrogens is 272 g/mol. The monoisotopic (exact) mass is 296 g/mol. The number of hydrogen-bond donors (Lipinski definition) is 1. The Hall–Kier alpha value is -1.07. The number of sulfone groups is 1. The topological polar surface area (TPSA) is 49.4 Å². The van der Waals surface area contributed by atoms with Crippen molar-refractivity contribution in [1.29, 1.82) is 0 Å². The quantitative estimate of drug-likeness (QED) is 0.873. The molecule has 1 saturated heterocycles. The van der Waals surface area contributed by atoms with Gasteiger partial charge in [0.15, 0.2) is 9.84 Å². The Bertz CT molecular complexity index is 537. The van der Waals surface area contributed by atoms with Crippen molar-refractivity contribution in [3.63, 3.8) is 0 Å². The number of hydrogen-bond acceptors (Lipinski definition) is 4. The molecule has 4 nitrogen and oxygen atoms in total.